The standard InChI is InChI=1S/C10H11ClN4O2S2/c1-12-10-13-5-8(6-14-10)19(16,17)15-4-7-2-3-9(11)18-7/h2-3,5-6,15H,4H2,1H3,(H,12,13,14). The van der Waals surface area contributed by atoms with Gasteiger partial charge in [0.15, 0.2) is 0 Å². The molecular weight excluding hydrogens is 308 g/mol. The lowest BCUT2D eigenvalue weighted by atomic mass is 10.5. The molecule has 102 valence electrons. The Balaban J connectivity index is 2.09. The number of nitrogens with one attached hydrogen (secondary N) is 2. The van der Waals surface area contributed by atoms with Crippen LogP contribution in [0.3, 0.4) is 0 Å². The van der Waals surface area contributed by atoms with Crippen LogP contribution in [0.1, 0.15) is 4.88 Å². The number of rotatable bonds is 5. The predicted octanol–water partition coefficient (Wildman–Crippen LogP) is 1.71. The van der Waals surface area contributed by atoms with Crippen molar-refractivity contribution in [3.8, 4) is 0 Å². The van der Waals surface area contributed by atoms with Crippen molar-refractivity contribution in [3.05, 3.63) is 33.7 Å². The molecule has 0 aliphatic carbocycles. The van der Waals surface area contributed by atoms with Crippen LogP contribution in [0, 0.1) is 0 Å². The third-order valence-electron chi connectivity index (χ3n) is 2.23. The van der Waals surface area contributed by atoms with Crippen LogP contribution in [0.2, 0.25) is 4.34 Å². The second kappa shape index (κ2) is 5.83. The lowest BCUT2D eigenvalue weighted by molar-refractivity contribution is 0.581. The molecule has 2 aromatic heterocycles. The average molecular weight is 319 g/mol. The third kappa shape index (κ3) is 3.63. The summed E-state index contributed by atoms with van der Waals surface area (Å²) in [6.07, 6.45) is 2.51. The smallest absolute Gasteiger partial charge is 0.243 e. The minimum absolute atomic E-state index is 0.0224. The van der Waals surface area contributed by atoms with Gasteiger partial charge in [-0.2, -0.15) is 0 Å². The summed E-state index contributed by atoms with van der Waals surface area (Å²) in [7, 11) is -1.96. The van der Waals surface area contributed by atoms with Crippen LogP contribution in [0.25, 0.3) is 0 Å². The molecule has 0 atom stereocenters. The first kappa shape index (κ1) is 14.2. The lowest BCUT2D eigenvalue weighted by Gasteiger charge is -2.05. The fourth-order valence-corrected chi connectivity index (χ4v) is 3.29. The molecule has 0 aromatic carbocycles. The molecular formula is C10H11ClN4O2S2. The van der Waals surface area contributed by atoms with Crippen LogP contribution in [0.4, 0.5) is 5.95 Å². The van der Waals surface area contributed by atoms with Gasteiger partial charge in [0.05, 0.1) is 16.7 Å². The first-order valence-corrected chi connectivity index (χ1v) is 7.93. The zero-order valence-electron chi connectivity index (χ0n) is 9.92. The highest BCUT2D eigenvalue weighted by molar-refractivity contribution is 7.89. The first-order chi connectivity index (χ1) is 9.01. The molecule has 0 saturated heterocycles. The average Bonchev–Trinajstić information content (AvgIpc) is 2.82. The van der Waals surface area contributed by atoms with Crippen molar-refractivity contribution in [1.82, 2.24) is 14.7 Å². The van der Waals surface area contributed by atoms with Crippen molar-refractivity contribution in [2.45, 2.75) is 11.4 Å². The fraction of sp³-hybridized carbons (Fsp3) is 0.200. The maximum Gasteiger partial charge on any atom is 0.243 e. The van der Waals surface area contributed by atoms with Crippen LogP contribution in [0.15, 0.2) is 29.4 Å². The number of hydrogen-bond acceptors (Lipinski definition) is 6. The number of anilines is 1. The summed E-state index contributed by atoms with van der Waals surface area (Å²) in [6.45, 7) is 0.188. The van der Waals surface area contributed by atoms with Gasteiger partial charge in [-0.25, -0.2) is 23.1 Å². The number of sulfonamides is 1. The van der Waals surface area contributed by atoms with Crippen molar-refractivity contribution in [2.75, 3.05) is 12.4 Å². The quantitative estimate of drug-likeness (QED) is 0.877. The highest BCUT2D eigenvalue weighted by Crippen LogP contribution is 2.21. The molecule has 0 saturated carbocycles. The highest BCUT2D eigenvalue weighted by atomic mass is 35.5. The van der Waals surface area contributed by atoms with E-state index in [1.54, 1.807) is 19.2 Å². The van der Waals surface area contributed by atoms with Gasteiger partial charge in [0, 0.05) is 18.5 Å². The zero-order chi connectivity index (χ0) is 13.9. The van der Waals surface area contributed by atoms with Crippen molar-refractivity contribution in [3.63, 3.8) is 0 Å². The first-order valence-electron chi connectivity index (χ1n) is 5.25. The molecule has 6 nitrogen and oxygen atoms in total. The topological polar surface area (TPSA) is 84.0 Å². The minimum Gasteiger partial charge on any atom is -0.357 e. The van der Waals surface area contributed by atoms with Crippen molar-refractivity contribution in [2.24, 2.45) is 0 Å². The summed E-state index contributed by atoms with van der Waals surface area (Å²) >= 11 is 7.10. The van der Waals surface area contributed by atoms with Gasteiger partial charge in [-0.3, -0.25) is 0 Å². The minimum atomic E-state index is -3.61. The van der Waals surface area contributed by atoms with Crippen LogP contribution in [-0.2, 0) is 16.6 Å². The van der Waals surface area contributed by atoms with E-state index in [4.69, 9.17) is 11.6 Å². The lowest BCUT2D eigenvalue weighted by Crippen LogP contribution is -2.23. The molecule has 0 unspecified atom stereocenters. The van der Waals surface area contributed by atoms with E-state index in [1.165, 1.54) is 23.7 Å². The Morgan fingerprint density at radius 2 is 2.00 bits per heavy atom. The van der Waals surface area contributed by atoms with Gasteiger partial charge in [-0.15, -0.1) is 11.3 Å². The van der Waals surface area contributed by atoms with E-state index < -0.39 is 10.0 Å². The van der Waals surface area contributed by atoms with Crippen LogP contribution in [-0.4, -0.2) is 25.4 Å². The number of nitrogens with zero attached hydrogens (tertiary/aromatic N) is 2. The van der Waals surface area contributed by atoms with E-state index in [9.17, 15) is 8.42 Å². The molecule has 9 heteroatoms. The Kier molecular flexibility index (Phi) is 4.35. The molecule has 0 spiro atoms. The van der Waals surface area contributed by atoms with Gasteiger partial charge in [0.25, 0.3) is 0 Å². The zero-order valence-corrected chi connectivity index (χ0v) is 12.3. The van der Waals surface area contributed by atoms with Crippen molar-refractivity contribution >= 4 is 38.9 Å². The van der Waals surface area contributed by atoms with Crippen LogP contribution >= 0.6 is 22.9 Å². The Bertz CT molecular complexity index is 654. The molecule has 0 aliphatic heterocycles. The Morgan fingerprint density at radius 1 is 1.32 bits per heavy atom. The Morgan fingerprint density at radius 3 is 2.53 bits per heavy atom. The number of aromatic nitrogens is 2. The number of halogens is 1. The Labute approximate surface area is 119 Å². The van der Waals surface area contributed by atoms with E-state index in [2.05, 4.69) is 20.0 Å². The van der Waals surface area contributed by atoms with Crippen LogP contribution in [0.5, 0.6) is 0 Å². The molecule has 0 fully saturated rings. The molecule has 0 radical (unpaired) electrons. The number of hydrogen-bond donors (Lipinski definition) is 2. The highest BCUT2D eigenvalue weighted by Gasteiger charge is 2.15. The molecule has 0 aliphatic rings. The van der Waals surface area contributed by atoms with Gasteiger partial charge in [0.2, 0.25) is 16.0 Å². The summed E-state index contributed by atoms with van der Waals surface area (Å²) in [5.41, 5.74) is 0. The van der Waals surface area contributed by atoms with Crippen molar-refractivity contribution < 1.29 is 8.42 Å². The van der Waals surface area contributed by atoms with Crippen molar-refractivity contribution in [1.29, 1.82) is 0 Å². The summed E-state index contributed by atoms with van der Waals surface area (Å²) < 4.78 is 27.0. The largest absolute Gasteiger partial charge is 0.357 e. The summed E-state index contributed by atoms with van der Waals surface area (Å²) in [6, 6.07) is 3.50. The molecule has 2 heterocycles. The van der Waals surface area contributed by atoms with E-state index in [-0.39, 0.29) is 11.4 Å². The second-order valence-corrected chi connectivity index (χ2v) is 7.09. The second-order valence-electron chi connectivity index (χ2n) is 3.52. The fourth-order valence-electron chi connectivity index (χ4n) is 1.28. The molecule has 19 heavy (non-hydrogen) atoms. The summed E-state index contributed by atoms with van der Waals surface area (Å²) in [4.78, 5) is 8.58. The summed E-state index contributed by atoms with van der Waals surface area (Å²) in [5.74, 6) is 0.365. The maximum absolute atomic E-state index is 12.0. The van der Waals surface area contributed by atoms with E-state index in [1.807, 2.05) is 0 Å². The van der Waals surface area contributed by atoms with E-state index >= 15 is 0 Å². The number of thiophene rings is 1. The maximum atomic E-state index is 12.0. The van der Waals surface area contributed by atoms with Gasteiger partial charge >= 0.3 is 0 Å². The molecule has 0 bridgehead atoms. The molecule has 2 aromatic rings. The molecule has 0 amide bonds. The summed E-state index contributed by atoms with van der Waals surface area (Å²) in [5, 5.41) is 2.72. The molecule has 2 N–H and O–H groups in total. The monoisotopic (exact) mass is 318 g/mol. The van der Waals surface area contributed by atoms with E-state index in [0.29, 0.717) is 10.3 Å². The predicted molar refractivity (Wildman–Crippen MR) is 74.9 cm³/mol. The third-order valence-corrected chi connectivity index (χ3v) is 4.81. The van der Waals surface area contributed by atoms with Gasteiger partial charge in [-0.05, 0) is 12.1 Å². The normalized spacial score (nSPS) is 11.5. The molecule has 2 rings (SSSR count). The Hall–Kier alpha value is -1.22. The van der Waals surface area contributed by atoms with E-state index in [0.717, 1.165) is 4.88 Å². The van der Waals surface area contributed by atoms with Gasteiger partial charge < -0.3 is 5.32 Å². The SMILES string of the molecule is CNc1ncc(S(=O)(=O)NCc2ccc(Cl)s2)cn1. The van der Waals surface area contributed by atoms with Crippen LogP contribution < -0.4 is 10.0 Å². The van der Waals surface area contributed by atoms with Gasteiger partial charge in [0.1, 0.15) is 4.90 Å². The van der Waals surface area contributed by atoms with Gasteiger partial charge in [-0.1, -0.05) is 11.6 Å².